The quantitative estimate of drug-likeness (QED) is 0.692. The number of hydrogen-bond donors (Lipinski definition) is 0. The Bertz CT molecular complexity index is 860. The van der Waals surface area contributed by atoms with Crippen molar-refractivity contribution in [3.8, 4) is 0 Å². The summed E-state index contributed by atoms with van der Waals surface area (Å²) in [5.74, 6) is -0.607. The van der Waals surface area contributed by atoms with Crippen LogP contribution in [-0.4, -0.2) is 82.0 Å². The monoisotopic (exact) mass is 416 g/mol. The van der Waals surface area contributed by atoms with Crippen LogP contribution in [0.4, 0.5) is 0 Å². The fraction of sp³-hybridized carbons (Fsp3) is 0.667. The molecule has 4 atom stereocenters. The molecule has 1 spiro atoms. The first kappa shape index (κ1) is 19.2. The van der Waals surface area contributed by atoms with E-state index in [0.29, 0.717) is 19.6 Å². The standard InChI is InChI=1S/C21H28N4O3S/c1-13(2)25-12-21-5-4-16(28-21)17(18(21)20(25)27)19(26)24-8-6-23(7-9-24)10-15-11-29-14(3)22-15/h4-5,11,13,16-18H,6-10,12H2,1-3H3. The summed E-state index contributed by atoms with van der Waals surface area (Å²) in [4.78, 5) is 37.2. The zero-order valence-electron chi connectivity index (χ0n) is 17.2. The van der Waals surface area contributed by atoms with E-state index in [4.69, 9.17) is 4.74 Å². The minimum Gasteiger partial charge on any atom is -0.360 e. The van der Waals surface area contributed by atoms with E-state index in [1.807, 2.05) is 42.7 Å². The third-order valence-corrected chi connectivity index (χ3v) is 7.60. The number of aromatic nitrogens is 1. The molecule has 0 saturated carbocycles. The molecule has 1 aromatic rings. The van der Waals surface area contributed by atoms with E-state index in [1.54, 1.807) is 11.3 Å². The summed E-state index contributed by atoms with van der Waals surface area (Å²) in [7, 11) is 0. The van der Waals surface area contributed by atoms with Gasteiger partial charge in [0.25, 0.3) is 0 Å². The zero-order chi connectivity index (χ0) is 20.3. The van der Waals surface area contributed by atoms with Crippen molar-refractivity contribution < 1.29 is 14.3 Å². The second-order valence-corrected chi connectivity index (χ2v) is 9.98. The molecule has 2 amide bonds. The number of carbonyl (C=O) groups is 2. The van der Waals surface area contributed by atoms with Crippen molar-refractivity contribution in [2.75, 3.05) is 32.7 Å². The highest BCUT2D eigenvalue weighted by molar-refractivity contribution is 7.09. The van der Waals surface area contributed by atoms with Gasteiger partial charge in [-0.05, 0) is 20.8 Å². The van der Waals surface area contributed by atoms with Gasteiger partial charge in [0, 0.05) is 44.1 Å². The molecule has 0 aliphatic carbocycles. The molecule has 8 heteroatoms. The van der Waals surface area contributed by atoms with Crippen LogP contribution in [0.5, 0.6) is 0 Å². The lowest BCUT2D eigenvalue weighted by Crippen LogP contribution is -2.53. The molecule has 4 aliphatic heterocycles. The molecular formula is C21H28N4O3S. The van der Waals surface area contributed by atoms with Crippen molar-refractivity contribution in [3.63, 3.8) is 0 Å². The molecule has 5 rings (SSSR count). The van der Waals surface area contributed by atoms with Gasteiger partial charge in [-0.25, -0.2) is 4.98 Å². The number of aryl methyl sites for hydroxylation is 1. The first-order valence-electron chi connectivity index (χ1n) is 10.5. The molecule has 0 N–H and O–H groups in total. The van der Waals surface area contributed by atoms with Crippen LogP contribution in [-0.2, 0) is 20.9 Å². The number of ether oxygens (including phenoxy) is 1. The summed E-state index contributed by atoms with van der Waals surface area (Å²) < 4.78 is 6.22. The van der Waals surface area contributed by atoms with Gasteiger partial charge in [0.1, 0.15) is 5.60 Å². The summed E-state index contributed by atoms with van der Waals surface area (Å²) in [6.45, 7) is 10.5. The predicted molar refractivity (Wildman–Crippen MR) is 109 cm³/mol. The summed E-state index contributed by atoms with van der Waals surface area (Å²) >= 11 is 1.67. The molecule has 29 heavy (non-hydrogen) atoms. The van der Waals surface area contributed by atoms with Gasteiger partial charge < -0.3 is 14.5 Å². The van der Waals surface area contributed by atoms with Crippen molar-refractivity contribution in [2.24, 2.45) is 11.8 Å². The predicted octanol–water partition coefficient (Wildman–Crippen LogP) is 1.29. The van der Waals surface area contributed by atoms with E-state index in [1.165, 1.54) is 0 Å². The number of carbonyl (C=O) groups excluding carboxylic acids is 2. The van der Waals surface area contributed by atoms with E-state index in [-0.39, 0.29) is 35.8 Å². The Labute approximate surface area is 175 Å². The fourth-order valence-corrected chi connectivity index (χ4v) is 5.90. The molecule has 0 radical (unpaired) electrons. The van der Waals surface area contributed by atoms with Gasteiger partial charge in [-0.1, -0.05) is 12.2 Å². The van der Waals surface area contributed by atoms with E-state index in [2.05, 4.69) is 15.3 Å². The van der Waals surface area contributed by atoms with Gasteiger partial charge in [-0.15, -0.1) is 11.3 Å². The molecule has 2 bridgehead atoms. The summed E-state index contributed by atoms with van der Waals surface area (Å²) in [5.41, 5.74) is 0.502. The van der Waals surface area contributed by atoms with Crippen molar-refractivity contribution in [3.05, 3.63) is 28.2 Å². The largest absolute Gasteiger partial charge is 0.360 e. The van der Waals surface area contributed by atoms with Crippen molar-refractivity contribution in [1.82, 2.24) is 19.7 Å². The lowest BCUT2D eigenvalue weighted by Gasteiger charge is -2.37. The highest BCUT2D eigenvalue weighted by atomic mass is 32.1. The maximum atomic E-state index is 13.4. The van der Waals surface area contributed by atoms with Crippen LogP contribution < -0.4 is 0 Å². The minimum atomic E-state index is -0.601. The maximum absolute atomic E-state index is 13.4. The molecule has 1 aromatic heterocycles. The van der Waals surface area contributed by atoms with Gasteiger partial charge in [0.2, 0.25) is 11.8 Å². The second-order valence-electron chi connectivity index (χ2n) is 8.92. The number of amides is 2. The average Bonchev–Trinajstić information content (AvgIpc) is 3.43. The second kappa shape index (κ2) is 6.89. The number of thiazole rings is 1. The number of fused-ring (bicyclic) bond motifs is 1. The lowest BCUT2D eigenvalue weighted by molar-refractivity contribution is -0.145. The van der Waals surface area contributed by atoms with E-state index in [0.717, 1.165) is 30.3 Å². The van der Waals surface area contributed by atoms with Crippen LogP contribution >= 0.6 is 11.3 Å². The van der Waals surface area contributed by atoms with Gasteiger partial charge in [0.15, 0.2) is 0 Å². The van der Waals surface area contributed by atoms with E-state index < -0.39 is 5.60 Å². The molecule has 4 unspecified atom stereocenters. The maximum Gasteiger partial charge on any atom is 0.230 e. The molecule has 3 fully saturated rings. The van der Waals surface area contributed by atoms with Gasteiger partial charge >= 0.3 is 0 Å². The molecular weight excluding hydrogens is 388 g/mol. The third kappa shape index (κ3) is 3.04. The molecule has 7 nitrogen and oxygen atoms in total. The fourth-order valence-electron chi connectivity index (χ4n) is 5.29. The topological polar surface area (TPSA) is 66.0 Å². The number of rotatable bonds is 4. The van der Waals surface area contributed by atoms with Crippen molar-refractivity contribution in [1.29, 1.82) is 0 Å². The lowest BCUT2D eigenvalue weighted by atomic mass is 9.76. The van der Waals surface area contributed by atoms with Gasteiger partial charge in [0.05, 0.1) is 35.2 Å². The van der Waals surface area contributed by atoms with Crippen LogP contribution in [0.1, 0.15) is 24.5 Å². The molecule has 4 aliphatic rings. The Balaban J connectivity index is 1.26. The van der Waals surface area contributed by atoms with Gasteiger partial charge in [-0.3, -0.25) is 14.5 Å². The minimum absolute atomic E-state index is 0.0720. The van der Waals surface area contributed by atoms with E-state index >= 15 is 0 Å². The van der Waals surface area contributed by atoms with E-state index in [9.17, 15) is 9.59 Å². The molecule has 156 valence electrons. The Morgan fingerprint density at radius 2 is 2.10 bits per heavy atom. The SMILES string of the molecule is Cc1nc(CN2CCN(C(=O)C3C4C=CC5(CN(C(C)C)C(=O)C35)O4)CC2)cs1. The van der Waals surface area contributed by atoms with Crippen LogP contribution in [0.25, 0.3) is 0 Å². The van der Waals surface area contributed by atoms with Crippen molar-refractivity contribution in [2.45, 2.75) is 45.1 Å². The summed E-state index contributed by atoms with van der Waals surface area (Å²) in [6, 6.07) is 0.118. The Morgan fingerprint density at radius 3 is 2.76 bits per heavy atom. The first-order chi connectivity index (χ1) is 13.9. The Kier molecular flexibility index (Phi) is 4.56. The Morgan fingerprint density at radius 1 is 1.34 bits per heavy atom. The highest BCUT2D eigenvalue weighted by Crippen LogP contribution is 2.52. The number of likely N-dealkylation sites (tertiary alicyclic amines) is 1. The highest BCUT2D eigenvalue weighted by Gasteiger charge is 2.67. The van der Waals surface area contributed by atoms with Crippen molar-refractivity contribution >= 4 is 23.2 Å². The number of piperazine rings is 1. The molecule has 0 aromatic carbocycles. The average molecular weight is 417 g/mol. The van der Waals surface area contributed by atoms with Gasteiger partial charge in [-0.2, -0.15) is 0 Å². The zero-order valence-corrected chi connectivity index (χ0v) is 18.0. The van der Waals surface area contributed by atoms with Crippen LogP contribution in [0.15, 0.2) is 17.5 Å². The summed E-state index contributed by atoms with van der Waals surface area (Å²) in [5, 5.41) is 3.20. The number of nitrogens with zero attached hydrogens (tertiary/aromatic N) is 4. The smallest absolute Gasteiger partial charge is 0.230 e. The number of hydrogen-bond acceptors (Lipinski definition) is 6. The first-order valence-corrected chi connectivity index (χ1v) is 11.4. The third-order valence-electron chi connectivity index (χ3n) is 6.77. The molecule has 5 heterocycles. The van der Waals surface area contributed by atoms with Crippen LogP contribution in [0.3, 0.4) is 0 Å². The normalized spacial score (nSPS) is 33.9. The Hall–Kier alpha value is -1.77. The van der Waals surface area contributed by atoms with Crippen LogP contribution in [0.2, 0.25) is 0 Å². The van der Waals surface area contributed by atoms with Crippen LogP contribution in [0, 0.1) is 18.8 Å². The summed E-state index contributed by atoms with van der Waals surface area (Å²) in [6.07, 6.45) is 3.76. The molecule has 3 saturated heterocycles.